The first-order chi connectivity index (χ1) is 9.92. The summed E-state index contributed by atoms with van der Waals surface area (Å²) in [5.74, 6) is 0.602. The fourth-order valence-electron chi connectivity index (χ4n) is 3.77. The van der Waals surface area contributed by atoms with Crippen LogP contribution in [0.25, 0.3) is 0 Å². The smallest absolute Gasteiger partial charge is 0.128 e. The zero-order chi connectivity index (χ0) is 15.5. The molecule has 118 valence electrons. The average Bonchev–Trinajstić information content (AvgIpc) is 2.87. The van der Waals surface area contributed by atoms with Crippen LogP contribution in [0.1, 0.15) is 64.5 Å². The summed E-state index contributed by atoms with van der Waals surface area (Å²) >= 11 is 3.43. The minimum absolute atomic E-state index is 0.0483. The lowest BCUT2D eigenvalue weighted by Gasteiger charge is -2.33. The van der Waals surface area contributed by atoms with Crippen LogP contribution < -0.4 is 5.32 Å². The Bertz CT molecular complexity index is 466. The maximum atomic E-state index is 14.0. The van der Waals surface area contributed by atoms with Crippen molar-refractivity contribution >= 4 is 15.9 Å². The first kappa shape index (κ1) is 17.0. The lowest BCUT2D eigenvalue weighted by molar-refractivity contribution is 0.216. The van der Waals surface area contributed by atoms with Gasteiger partial charge in [-0.3, -0.25) is 0 Å². The predicted molar refractivity (Wildman–Crippen MR) is 90.9 cm³/mol. The maximum absolute atomic E-state index is 14.0. The molecule has 0 aliphatic heterocycles. The van der Waals surface area contributed by atoms with Crippen LogP contribution in [-0.2, 0) is 0 Å². The van der Waals surface area contributed by atoms with E-state index in [-0.39, 0.29) is 11.9 Å². The standard InChI is InChI=1S/C18H27BrFN/c1-13(2)11-18(8-4-5-9-18)12-21-14(3)16-10-15(19)6-7-17(16)20/h6-7,10,13-14,21H,4-5,8-9,11-12H2,1-3H3. The van der Waals surface area contributed by atoms with Crippen LogP contribution in [-0.4, -0.2) is 6.54 Å². The van der Waals surface area contributed by atoms with Gasteiger partial charge in [0.25, 0.3) is 0 Å². The van der Waals surface area contributed by atoms with Gasteiger partial charge in [-0.1, -0.05) is 42.6 Å². The van der Waals surface area contributed by atoms with Crippen molar-refractivity contribution in [3.05, 3.63) is 34.1 Å². The highest BCUT2D eigenvalue weighted by molar-refractivity contribution is 9.10. The van der Waals surface area contributed by atoms with E-state index >= 15 is 0 Å². The normalized spacial score (nSPS) is 19.1. The molecule has 0 spiro atoms. The molecule has 1 aromatic rings. The first-order valence-electron chi connectivity index (χ1n) is 8.10. The largest absolute Gasteiger partial charge is 0.310 e. The van der Waals surface area contributed by atoms with E-state index in [9.17, 15) is 4.39 Å². The third-order valence-electron chi connectivity index (χ3n) is 4.71. The van der Waals surface area contributed by atoms with Crippen molar-refractivity contribution in [2.24, 2.45) is 11.3 Å². The van der Waals surface area contributed by atoms with E-state index in [2.05, 4.69) is 42.0 Å². The van der Waals surface area contributed by atoms with Gasteiger partial charge in [0, 0.05) is 22.6 Å². The van der Waals surface area contributed by atoms with Gasteiger partial charge in [0.1, 0.15) is 5.82 Å². The summed E-state index contributed by atoms with van der Waals surface area (Å²) in [6, 6.07) is 5.23. The van der Waals surface area contributed by atoms with Crippen LogP contribution in [0.3, 0.4) is 0 Å². The molecule has 0 amide bonds. The van der Waals surface area contributed by atoms with Gasteiger partial charge in [0.15, 0.2) is 0 Å². The summed E-state index contributed by atoms with van der Waals surface area (Å²) in [7, 11) is 0. The average molecular weight is 356 g/mol. The van der Waals surface area contributed by atoms with Gasteiger partial charge in [-0.2, -0.15) is 0 Å². The van der Waals surface area contributed by atoms with Gasteiger partial charge in [0.05, 0.1) is 0 Å². The Morgan fingerprint density at radius 2 is 1.90 bits per heavy atom. The second kappa shape index (κ2) is 7.23. The van der Waals surface area contributed by atoms with Gasteiger partial charge in [0.2, 0.25) is 0 Å². The Balaban J connectivity index is 2.01. The molecule has 1 aliphatic carbocycles. The van der Waals surface area contributed by atoms with Crippen molar-refractivity contribution in [3.8, 4) is 0 Å². The van der Waals surface area contributed by atoms with Gasteiger partial charge < -0.3 is 5.32 Å². The Kier molecular flexibility index (Phi) is 5.84. The molecule has 0 bridgehead atoms. The molecule has 1 N–H and O–H groups in total. The number of nitrogens with one attached hydrogen (secondary N) is 1. The van der Waals surface area contributed by atoms with Crippen LogP contribution in [0.2, 0.25) is 0 Å². The topological polar surface area (TPSA) is 12.0 Å². The Morgan fingerprint density at radius 1 is 1.24 bits per heavy atom. The quantitative estimate of drug-likeness (QED) is 0.675. The molecule has 1 aromatic carbocycles. The highest BCUT2D eigenvalue weighted by Crippen LogP contribution is 2.43. The summed E-state index contributed by atoms with van der Waals surface area (Å²) in [4.78, 5) is 0. The lowest BCUT2D eigenvalue weighted by atomic mass is 9.78. The third kappa shape index (κ3) is 4.53. The molecule has 0 heterocycles. The van der Waals surface area contributed by atoms with Gasteiger partial charge in [-0.05, 0) is 55.7 Å². The summed E-state index contributed by atoms with van der Waals surface area (Å²) in [5.41, 5.74) is 1.17. The SMILES string of the molecule is CC(C)CC1(CNC(C)c2cc(Br)ccc2F)CCCC1. The number of hydrogen-bond donors (Lipinski definition) is 1. The predicted octanol–water partition coefficient (Wildman–Crippen LogP) is 5.85. The lowest BCUT2D eigenvalue weighted by Crippen LogP contribution is -2.35. The molecule has 0 saturated heterocycles. The van der Waals surface area contributed by atoms with Crippen molar-refractivity contribution in [1.82, 2.24) is 5.32 Å². The Labute approximate surface area is 136 Å². The number of benzene rings is 1. The Morgan fingerprint density at radius 3 is 2.52 bits per heavy atom. The van der Waals surface area contributed by atoms with Crippen LogP contribution >= 0.6 is 15.9 Å². The second-order valence-electron chi connectivity index (χ2n) is 7.07. The number of rotatable bonds is 6. The zero-order valence-corrected chi connectivity index (χ0v) is 15.0. The molecule has 1 aliphatic rings. The summed E-state index contributed by atoms with van der Waals surface area (Å²) < 4.78 is 14.9. The molecule has 0 aromatic heterocycles. The molecule has 3 heteroatoms. The molecular formula is C18H27BrFN. The molecule has 21 heavy (non-hydrogen) atoms. The van der Waals surface area contributed by atoms with E-state index in [0.717, 1.165) is 22.5 Å². The van der Waals surface area contributed by atoms with Crippen LogP contribution in [0, 0.1) is 17.2 Å². The third-order valence-corrected chi connectivity index (χ3v) is 5.21. The van der Waals surface area contributed by atoms with Crippen molar-refractivity contribution in [2.45, 2.75) is 58.9 Å². The fraction of sp³-hybridized carbons (Fsp3) is 0.667. The van der Waals surface area contributed by atoms with E-state index in [0.29, 0.717) is 5.41 Å². The molecular weight excluding hydrogens is 329 g/mol. The first-order valence-corrected chi connectivity index (χ1v) is 8.89. The van der Waals surface area contributed by atoms with Crippen LogP contribution in [0.15, 0.2) is 22.7 Å². The van der Waals surface area contributed by atoms with Gasteiger partial charge >= 0.3 is 0 Å². The van der Waals surface area contributed by atoms with Crippen molar-refractivity contribution < 1.29 is 4.39 Å². The van der Waals surface area contributed by atoms with Gasteiger partial charge in [-0.25, -0.2) is 4.39 Å². The van der Waals surface area contributed by atoms with Crippen molar-refractivity contribution in [2.75, 3.05) is 6.54 Å². The molecule has 1 saturated carbocycles. The maximum Gasteiger partial charge on any atom is 0.128 e. The van der Waals surface area contributed by atoms with E-state index in [1.807, 2.05) is 6.07 Å². The zero-order valence-electron chi connectivity index (χ0n) is 13.4. The molecule has 2 rings (SSSR count). The highest BCUT2D eigenvalue weighted by Gasteiger charge is 2.34. The van der Waals surface area contributed by atoms with E-state index in [1.165, 1.54) is 38.2 Å². The minimum atomic E-state index is -0.123. The molecule has 1 atom stereocenters. The second-order valence-corrected chi connectivity index (χ2v) is 7.99. The van der Waals surface area contributed by atoms with Crippen LogP contribution in [0.4, 0.5) is 4.39 Å². The summed E-state index contributed by atoms with van der Waals surface area (Å²) in [6.07, 6.45) is 6.58. The molecule has 1 unspecified atom stereocenters. The summed E-state index contributed by atoms with van der Waals surface area (Å²) in [5, 5.41) is 3.59. The van der Waals surface area contributed by atoms with E-state index in [4.69, 9.17) is 0 Å². The Hall–Kier alpha value is -0.410. The van der Waals surface area contributed by atoms with E-state index < -0.39 is 0 Å². The number of hydrogen-bond acceptors (Lipinski definition) is 1. The van der Waals surface area contributed by atoms with Crippen molar-refractivity contribution in [3.63, 3.8) is 0 Å². The molecule has 0 radical (unpaired) electrons. The van der Waals surface area contributed by atoms with Crippen molar-refractivity contribution in [1.29, 1.82) is 0 Å². The number of halogens is 2. The molecule has 1 nitrogen and oxygen atoms in total. The monoisotopic (exact) mass is 355 g/mol. The molecule has 1 fully saturated rings. The fourth-order valence-corrected chi connectivity index (χ4v) is 4.15. The summed E-state index contributed by atoms with van der Waals surface area (Å²) in [6.45, 7) is 7.66. The van der Waals surface area contributed by atoms with Gasteiger partial charge in [-0.15, -0.1) is 0 Å². The van der Waals surface area contributed by atoms with E-state index in [1.54, 1.807) is 6.07 Å². The van der Waals surface area contributed by atoms with Crippen LogP contribution in [0.5, 0.6) is 0 Å². The highest BCUT2D eigenvalue weighted by atomic mass is 79.9. The minimum Gasteiger partial charge on any atom is -0.310 e.